The SMILES string of the molecule is Cn1cnc([N+](=O)[O-])c1N(CCO)C1CCC1. The molecule has 7 heteroatoms. The fourth-order valence-corrected chi connectivity index (χ4v) is 2.14. The van der Waals surface area contributed by atoms with E-state index in [0.717, 1.165) is 19.3 Å². The Morgan fingerprint density at radius 1 is 1.71 bits per heavy atom. The van der Waals surface area contributed by atoms with Crippen LogP contribution in [0.5, 0.6) is 0 Å². The van der Waals surface area contributed by atoms with Gasteiger partial charge in [-0.15, -0.1) is 0 Å². The maximum atomic E-state index is 10.9. The first-order chi connectivity index (χ1) is 8.15. The van der Waals surface area contributed by atoms with E-state index in [9.17, 15) is 10.1 Å². The van der Waals surface area contributed by atoms with Gasteiger partial charge < -0.3 is 20.1 Å². The number of rotatable bonds is 5. The second-order valence-electron chi connectivity index (χ2n) is 4.26. The summed E-state index contributed by atoms with van der Waals surface area (Å²) in [5.41, 5.74) is 0. The van der Waals surface area contributed by atoms with Crippen LogP contribution < -0.4 is 4.90 Å². The summed E-state index contributed by atoms with van der Waals surface area (Å²) in [7, 11) is 1.73. The van der Waals surface area contributed by atoms with Gasteiger partial charge in [-0.2, -0.15) is 0 Å². The van der Waals surface area contributed by atoms with Crippen LogP contribution in [0.2, 0.25) is 0 Å². The molecule has 2 rings (SSSR count). The van der Waals surface area contributed by atoms with Crippen molar-refractivity contribution in [2.75, 3.05) is 18.1 Å². The van der Waals surface area contributed by atoms with Crippen LogP contribution in [-0.2, 0) is 7.05 Å². The number of aryl methyl sites for hydroxylation is 1. The van der Waals surface area contributed by atoms with Gasteiger partial charge in [0.25, 0.3) is 0 Å². The van der Waals surface area contributed by atoms with Gasteiger partial charge in [-0.3, -0.25) is 4.57 Å². The molecule has 1 aromatic rings. The highest BCUT2D eigenvalue weighted by Crippen LogP contribution is 2.33. The Labute approximate surface area is 98.8 Å². The van der Waals surface area contributed by atoms with E-state index in [1.807, 2.05) is 4.90 Å². The Kier molecular flexibility index (Phi) is 3.28. The lowest BCUT2D eigenvalue weighted by Gasteiger charge is -2.37. The van der Waals surface area contributed by atoms with E-state index in [4.69, 9.17) is 5.11 Å². The topological polar surface area (TPSA) is 84.4 Å². The molecule has 1 N–H and O–H groups in total. The molecule has 7 nitrogen and oxygen atoms in total. The number of aliphatic hydroxyl groups excluding tert-OH is 1. The molecule has 1 aliphatic carbocycles. The molecule has 1 fully saturated rings. The minimum absolute atomic E-state index is 0.0150. The maximum Gasteiger partial charge on any atom is 0.406 e. The smallest absolute Gasteiger partial charge is 0.395 e. The van der Waals surface area contributed by atoms with Crippen LogP contribution in [0.4, 0.5) is 11.6 Å². The zero-order valence-corrected chi connectivity index (χ0v) is 9.74. The lowest BCUT2D eigenvalue weighted by molar-refractivity contribution is -0.388. The van der Waals surface area contributed by atoms with Gasteiger partial charge in [0.2, 0.25) is 12.1 Å². The van der Waals surface area contributed by atoms with Crippen LogP contribution >= 0.6 is 0 Å². The first kappa shape index (κ1) is 11.8. The van der Waals surface area contributed by atoms with E-state index < -0.39 is 4.92 Å². The third-order valence-corrected chi connectivity index (χ3v) is 3.19. The van der Waals surface area contributed by atoms with Crippen molar-refractivity contribution in [1.29, 1.82) is 0 Å². The molecular formula is C10H16N4O3. The predicted octanol–water partition coefficient (Wildman–Crippen LogP) is 0.679. The summed E-state index contributed by atoms with van der Waals surface area (Å²) in [6.07, 6.45) is 4.61. The van der Waals surface area contributed by atoms with E-state index in [0.29, 0.717) is 12.4 Å². The number of anilines is 1. The second-order valence-corrected chi connectivity index (χ2v) is 4.26. The fraction of sp³-hybridized carbons (Fsp3) is 0.700. The second kappa shape index (κ2) is 4.70. The minimum Gasteiger partial charge on any atom is -0.395 e. The van der Waals surface area contributed by atoms with Crippen LogP contribution in [0.25, 0.3) is 0 Å². The summed E-state index contributed by atoms with van der Waals surface area (Å²) in [6, 6.07) is 0.288. The number of hydrogen-bond acceptors (Lipinski definition) is 5. The highest BCUT2D eigenvalue weighted by molar-refractivity contribution is 5.55. The van der Waals surface area contributed by atoms with Crippen molar-refractivity contribution in [3.05, 3.63) is 16.4 Å². The van der Waals surface area contributed by atoms with Crippen molar-refractivity contribution in [2.45, 2.75) is 25.3 Å². The van der Waals surface area contributed by atoms with Gasteiger partial charge in [-0.25, -0.2) is 0 Å². The van der Waals surface area contributed by atoms with Crippen LogP contribution in [0.15, 0.2) is 6.33 Å². The number of aromatic nitrogens is 2. The average molecular weight is 240 g/mol. The highest BCUT2D eigenvalue weighted by Gasteiger charge is 2.32. The Balaban J connectivity index is 2.33. The molecule has 94 valence electrons. The van der Waals surface area contributed by atoms with Crippen LogP contribution in [0.3, 0.4) is 0 Å². The molecule has 0 atom stereocenters. The molecule has 1 heterocycles. The van der Waals surface area contributed by atoms with E-state index >= 15 is 0 Å². The molecule has 1 saturated carbocycles. The predicted molar refractivity (Wildman–Crippen MR) is 61.9 cm³/mol. The molecule has 17 heavy (non-hydrogen) atoms. The Morgan fingerprint density at radius 2 is 2.41 bits per heavy atom. The molecule has 0 amide bonds. The van der Waals surface area contributed by atoms with E-state index in [2.05, 4.69) is 4.98 Å². The van der Waals surface area contributed by atoms with Crippen molar-refractivity contribution in [1.82, 2.24) is 9.55 Å². The van der Waals surface area contributed by atoms with E-state index in [1.165, 1.54) is 6.33 Å². The van der Waals surface area contributed by atoms with E-state index in [1.54, 1.807) is 11.6 Å². The Hall–Kier alpha value is -1.63. The summed E-state index contributed by atoms with van der Waals surface area (Å²) >= 11 is 0. The Bertz CT molecular complexity index is 414. The van der Waals surface area contributed by atoms with Crippen molar-refractivity contribution in [3.63, 3.8) is 0 Å². The molecule has 0 aromatic carbocycles. The highest BCUT2D eigenvalue weighted by atomic mass is 16.6. The lowest BCUT2D eigenvalue weighted by Crippen LogP contribution is -2.43. The molecule has 1 aliphatic rings. The first-order valence-electron chi connectivity index (χ1n) is 5.68. The van der Waals surface area contributed by atoms with Crippen LogP contribution in [-0.4, -0.2) is 38.8 Å². The van der Waals surface area contributed by atoms with Crippen molar-refractivity contribution < 1.29 is 10.0 Å². The molecule has 0 spiro atoms. The van der Waals surface area contributed by atoms with Gasteiger partial charge >= 0.3 is 5.82 Å². The van der Waals surface area contributed by atoms with Crippen LogP contribution in [0.1, 0.15) is 19.3 Å². The fourth-order valence-electron chi connectivity index (χ4n) is 2.14. The third-order valence-electron chi connectivity index (χ3n) is 3.19. The van der Waals surface area contributed by atoms with Crippen molar-refractivity contribution in [2.24, 2.45) is 7.05 Å². The van der Waals surface area contributed by atoms with Crippen molar-refractivity contribution in [3.8, 4) is 0 Å². The van der Waals surface area contributed by atoms with Gasteiger partial charge in [-0.1, -0.05) is 0 Å². The molecule has 0 aliphatic heterocycles. The van der Waals surface area contributed by atoms with Gasteiger partial charge in [-0.05, 0) is 29.2 Å². The standard InChI is InChI=1S/C10H16N4O3/c1-12-7-11-9(14(16)17)10(12)13(5-6-15)8-3-2-4-8/h7-8,15H,2-6H2,1H3. The quantitative estimate of drug-likeness (QED) is 0.604. The first-order valence-corrected chi connectivity index (χ1v) is 5.68. The minimum atomic E-state index is -0.474. The summed E-state index contributed by atoms with van der Waals surface area (Å²) in [5.74, 6) is 0.363. The maximum absolute atomic E-state index is 10.9. The molecular weight excluding hydrogens is 224 g/mol. The molecule has 0 unspecified atom stereocenters. The number of imidazole rings is 1. The molecule has 0 radical (unpaired) electrons. The molecule has 0 saturated heterocycles. The molecule has 1 aromatic heterocycles. The zero-order chi connectivity index (χ0) is 12.4. The number of nitro groups is 1. The molecule has 0 bridgehead atoms. The normalized spacial score (nSPS) is 15.6. The van der Waals surface area contributed by atoms with Gasteiger partial charge in [0.1, 0.15) is 0 Å². The number of nitrogens with zero attached hydrogens (tertiary/aromatic N) is 4. The van der Waals surface area contributed by atoms with Gasteiger partial charge in [0, 0.05) is 19.6 Å². The van der Waals surface area contributed by atoms with Crippen molar-refractivity contribution >= 4 is 11.6 Å². The lowest BCUT2D eigenvalue weighted by atomic mass is 9.91. The third kappa shape index (κ3) is 2.10. The monoisotopic (exact) mass is 240 g/mol. The van der Waals surface area contributed by atoms with Gasteiger partial charge in [0.15, 0.2) is 0 Å². The largest absolute Gasteiger partial charge is 0.406 e. The average Bonchev–Trinajstić information content (AvgIpc) is 2.56. The van der Waals surface area contributed by atoms with Gasteiger partial charge in [0.05, 0.1) is 6.61 Å². The summed E-state index contributed by atoms with van der Waals surface area (Å²) in [6.45, 7) is 0.393. The number of hydrogen-bond donors (Lipinski definition) is 1. The zero-order valence-electron chi connectivity index (χ0n) is 9.74. The summed E-state index contributed by atoms with van der Waals surface area (Å²) < 4.78 is 1.64. The van der Waals surface area contributed by atoms with Crippen LogP contribution in [0, 0.1) is 10.1 Å². The summed E-state index contributed by atoms with van der Waals surface area (Å²) in [4.78, 5) is 16.1. The Morgan fingerprint density at radius 3 is 2.88 bits per heavy atom. The van der Waals surface area contributed by atoms with E-state index in [-0.39, 0.29) is 18.5 Å². The number of aliphatic hydroxyl groups is 1. The summed E-state index contributed by atoms with van der Waals surface area (Å²) in [5, 5.41) is 20.0.